The van der Waals surface area contributed by atoms with Crippen molar-refractivity contribution in [3.05, 3.63) is 46.5 Å². The Balaban J connectivity index is 1.64. The molecule has 4 rings (SSSR count). The van der Waals surface area contributed by atoms with Crippen LogP contribution >= 0.6 is 0 Å². The maximum Gasteiger partial charge on any atom is 0.307 e. The van der Waals surface area contributed by atoms with Gasteiger partial charge in [0.05, 0.1) is 18.1 Å². The zero-order valence-electron chi connectivity index (χ0n) is 13.0. The number of rotatable bonds is 3. The number of nitrogens with zero attached hydrogens (tertiary/aromatic N) is 7. The van der Waals surface area contributed by atoms with Crippen molar-refractivity contribution in [2.75, 3.05) is 26.3 Å². The van der Waals surface area contributed by atoms with Crippen LogP contribution in [-0.2, 0) is 4.74 Å². The Morgan fingerprint density at radius 2 is 2.12 bits per heavy atom. The SMILES string of the molecule is O=C(c1cc2nc(-n3cc([N+](=O)[O-])cn3)ccn2n1)N1CCOCC1. The van der Waals surface area contributed by atoms with Crippen molar-refractivity contribution in [2.45, 2.75) is 0 Å². The standard InChI is InChI=1S/C14H13N7O4/c22-14(18-3-5-25-6-4-18)11-7-13-16-12(1-2-19(13)17-11)20-9-10(8-15-20)21(23)24/h1-2,7-9H,3-6H2. The van der Waals surface area contributed by atoms with Crippen molar-refractivity contribution in [1.82, 2.24) is 29.3 Å². The van der Waals surface area contributed by atoms with Gasteiger partial charge in [-0.25, -0.2) is 14.2 Å². The van der Waals surface area contributed by atoms with Crippen LogP contribution in [-0.4, -0.2) is 66.4 Å². The molecular weight excluding hydrogens is 330 g/mol. The molecule has 0 spiro atoms. The third kappa shape index (κ3) is 2.80. The lowest BCUT2D eigenvalue weighted by atomic mass is 10.3. The van der Waals surface area contributed by atoms with Crippen molar-refractivity contribution < 1.29 is 14.5 Å². The number of hydrogen-bond acceptors (Lipinski definition) is 7. The van der Waals surface area contributed by atoms with Crippen molar-refractivity contribution >= 4 is 17.2 Å². The summed E-state index contributed by atoms with van der Waals surface area (Å²) in [5.41, 5.74) is 0.614. The van der Waals surface area contributed by atoms with Gasteiger partial charge in [-0.1, -0.05) is 0 Å². The Hall–Kier alpha value is -3.34. The summed E-state index contributed by atoms with van der Waals surface area (Å²) in [5.74, 6) is 0.218. The quantitative estimate of drug-likeness (QED) is 0.495. The van der Waals surface area contributed by atoms with Crippen LogP contribution in [0.5, 0.6) is 0 Å². The zero-order valence-corrected chi connectivity index (χ0v) is 13.0. The fourth-order valence-corrected chi connectivity index (χ4v) is 2.56. The normalized spacial score (nSPS) is 14.8. The maximum atomic E-state index is 12.5. The number of morpholine rings is 1. The second kappa shape index (κ2) is 5.94. The summed E-state index contributed by atoms with van der Waals surface area (Å²) in [6, 6.07) is 3.19. The lowest BCUT2D eigenvalue weighted by Crippen LogP contribution is -2.40. The number of ether oxygens (including phenoxy) is 1. The molecule has 4 heterocycles. The molecule has 3 aromatic rings. The van der Waals surface area contributed by atoms with Crippen LogP contribution in [0.15, 0.2) is 30.7 Å². The van der Waals surface area contributed by atoms with E-state index in [9.17, 15) is 14.9 Å². The molecule has 1 saturated heterocycles. The summed E-state index contributed by atoms with van der Waals surface area (Å²) in [5, 5.41) is 18.9. The van der Waals surface area contributed by atoms with E-state index in [1.807, 2.05) is 0 Å². The lowest BCUT2D eigenvalue weighted by molar-refractivity contribution is -0.384. The topological polar surface area (TPSA) is 121 Å². The summed E-state index contributed by atoms with van der Waals surface area (Å²) in [7, 11) is 0. The van der Waals surface area contributed by atoms with Crippen molar-refractivity contribution in [1.29, 1.82) is 0 Å². The third-order valence-corrected chi connectivity index (χ3v) is 3.84. The van der Waals surface area contributed by atoms with Gasteiger partial charge in [-0.2, -0.15) is 10.2 Å². The van der Waals surface area contributed by atoms with Crippen LogP contribution in [0.3, 0.4) is 0 Å². The molecule has 0 atom stereocenters. The van der Waals surface area contributed by atoms with Crippen LogP contribution in [0.2, 0.25) is 0 Å². The highest BCUT2D eigenvalue weighted by atomic mass is 16.6. The van der Waals surface area contributed by atoms with Crippen LogP contribution in [0.25, 0.3) is 11.5 Å². The first-order valence-electron chi connectivity index (χ1n) is 7.55. The number of carbonyl (C=O) groups is 1. The molecule has 0 unspecified atom stereocenters. The minimum absolute atomic E-state index is 0.127. The summed E-state index contributed by atoms with van der Waals surface area (Å²) < 4.78 is 8.02. The molecule has 0 N–H and O–H groups in total. The molecule has 0 saturated carbocycles. The molecule has 0 radical (unpaired) electrons. The van der Waals surface area contributed by atoms with E-state index in [2.05, 4.69) is 15.2 Å². The minimum atomic E-state index is -0.528. The van der Waals surface area contributed by atoms with Gasteiger partial charge in [-0.3, -0.25) is 14.9 Å². The first-order valence-corrected chi connectivity index (χ1v) is 7.55. The molecule has 1 fully saturated rings. The monoisotopic (exact) mass is 343 g/mol. The fourth-order valence-electron chi connectivity index (χ4n) is 2.56. The molecule has 0 aliphatic carbocycles. The van der Waals surface area contributed by atoms with E-state index in [0.717, 1.165) is 6.20 Å². The lowest BCUT2D eigenvalue weighted by Gasteiger charge is -2.25. The molecule has 3 aromatic heterocycles. The molecule has 11 nitrogen and oxygen atoms in total. The van der Waals surface area contributed by atoms with Gasteiger partial charge in [0.1, 0.15) is 12.4 Å². The highest BCUT2D eigenvalue weighted by molar-refractivity contribution is 5.93. The van der Waals surface area contributed by atoms with Crippen molar-refractivity contribution in [3.8, 4) is 5.82 Å². The van der Waals surface area contributed by atoms with E-state index in [1.165, 1.54) is 15.4 Å². The fraction of sp³-hybridized carbons (Fsp3) is 0.286. The predicted molar refractivity (Wildman–Crippen MR) is 83.5 cm³/mol. The van der Waals surface area contributed by atoms with E-state index in [0.29, 0.717) is 37.8 Å². The van der Waals surface area contributed by atoms with Gasteiger partial charge in [0.15, 0.2) is 17.2 Å². The van der Waals surface area contributed by atoms with Gasteiger partial charge in [0.2, 0.25) is 0 Å². The van der Waals surface area contributed by atoms with E-state index in [4.69, 9.17) is 4.74 Å². The van der Waals surface area contributed by atoms with Crippen LogP contribution in [0.1, 0.15) is 10.5 Å². The van der Waals surface area contributed by atoms with Crippen molar-refractivity contribution in [2.24, 2.45) is 0 Å². The van der Waals surface area contributed by atoms with Crippen LogP contribution in [0, 0.1) is 10.1 Å². The van der Waals surface area contributed by atoms with E-state index in [-0.39, 0.29) is 17.3 Å². The number of carbonyl (C=O) groups excluding carboxylic acids is 1. The predicted octanol–water partition coefficient (Wildman–Crippen LogP) is 0.296. The molecule has 1 aliphatic heterocycles. The molecule has 1 aliphatic rings. The van der Waals surface area contributed by atoms with E-state index < -0.39 is 4.92 Å². The molecule has 0 bridgehead atoms. The number of amides is 1. The molecule has 128 valence electrons. The minimum Gasteiger partial charge on any atom is -0.378 e. The largest absolute Gasteiger partial charge is 0.378 e. The number of hydrogen-bond donors (Lipinski definition) is 0. The van der Waals surface area contributed by atoms with Crippen LogP contribution in [0.4, 0.5) is 5.69 Å². The van der Waals surface area contributed by atoms with Gasteiger partial charge >= 0.3 is 5.69 Å². The summed E-state index contributed by atoms with van der Waals surface area (Å²) >= 11 is 0. The Morgan fingerprint density at radius 3 is 2.84 bits per heavy atom. The van der Waals surface area contributed by atoms with Gasteiger partial charge in [0, 0.05) is 31.4 Å². The first kappa shape index (κ1) is 15.2. The van der Waals surface area contributed by atoms with Gasteiger partial charge < -0.3 is 9.64 Å². The highest BCUT2D eigenvalue weighted by Crippen LogP contribution is 2.14. The maximum absolute atomic E-state index is 12.5. The number of fused-ring (bicyclic) bond motifs is 1. The van der Waals surface area contributed by atoms with E-state index >= 15 is 0 Å². The molecule has 25 heavy (non-hydrogen) atoms. The van der Waals surface area contributed by atoms with Gasteiger partial charge in [0.25, 0.3) is 5.91 Å². The second-order valence-corrected chi connectivity index (χ2v) is 5.42. The highest BCUT2D eigenvalue weighted by Gasteiger charge is 2.21. The molecule has 0 aromatic carbocycles. The smallest absolute Gasteiger partial charge is 0.307 e. The second-order valence-electron chi connectivity index (χ2n) is 5.42. The molecule has 1 amide bonds. The third-order valence-electron chi connectivity index (χ3n) is 3.84. The Morgan fingerprint density at radius 1 is 1.32 bits per heavy atom. The van der Waals surface area contributed by atoms with Crippen LogP contribution < -0.4 is 0 Å². The molecular formula is C14H13N7O4. The number of nitro groups is 1. The van der Waals surface area contributed by atoms with Gasteiger partial charge in [-0.05, 0) is 0 Å². The average Bonchev–Trinajstić information content (AvgIpc) is 3.28. The molecule has 11 heteroatoms. The first-order chi connectivity index (χ1) is 12.1. The Bertz CT molecular complexity index is 957. The van der Waals surface area contributed by atoms with Crippen molar-refractivity contribution in [3.63, 3.8) is 0 Å². The Labute approximate surface area is 140 Å². The average molecular weight is 343 g/mol. The van der Waals surface area contributed by atoms with Gasteiger partial charge in [-0.15, -0.1) is 0 Å². The zero-order chi connectivity index (χ0) is 17.4. The summed E-state index contributed by atoms with van der Waals surface area (Å²) in [6.45, 7) is 2.09. The summed E-state index contributed by atoms with van der Waals surface area (Å²) in [6.07, 6.45) is 4.05. The summed E-state index contributed by atoms with van der Waals surface area (Å²) in [4.78, 5) is 28.7. The number of aromatic nitrogens is 5. The van der Waals surface area contributed by atoms with E-state index in [1.54, 1.807) is 23.2 Å². The Kier molecular flexibility index (Phi) is 3.61.